The van der Waals surface area contributed by atoms with Gasteiger partial charge in [0.1, 0.15) is 11.4 Å². The largest absolute Gasteiger partial charge is 0.487 e. The summed E-state index contributed by atoms with van der Waals surface area (Å²) in [6.45, 7) is 4.68. The summed E-state index contributed by atoms with van der Waals surface area (Å²) in [5, 5.41) is 0.747. The zero-order valence-electron chi connectivity index (χ0n) is 9.59. The minimum atomic E-state index is -0.141. The van der Waals surface area contributed by atoms with Crippen molar-refractivity contribution in [2.24, 2.45) is 5.73 Å². The van der Waals surface area contributed by atoms with Crippen LogP contribution in [0.15, 0.2) is 18.2 Å². The predicted octanol–water partition coefficient (Wildman–Crippen LogP) is 3.03. The molecule has 2 N–H and O–H groups in total. The lowest BCUT2D eigenvalue weighted by Crippen LogP contribution is -2.24. The second kappa shape index (κ2) is 4.11. The van der Waals surface area contributed by atoms with Gasteiger partial charge in [-0.1, -0.05) is 23.8 Å². The van der Waals surface area contributed by atoms with Crippen LogP contribution in [0.25, 0.3) is 6.08 Å². The summed E-state index contributed by atoms with van der Waals surface area (Å²) < 4.78 is 5.93. The Morgan fingerprint density at radius 3 is 2.94 bits per heavy atom. The standard InChI is InChI=1S/C13H16ClNO/c1-13(2)8-10-7-11(14)6-9(4-3-5-15)12(10)16-13/h3-4,6-7H,5,8,15H2,1-2H3/b4-3+. The first-order valence-electron chi connectivity index (χ1n) is 5.40. The molecule has 0 amide bonds. The van der Waals surface area contributed by atoms with Gasteiger partial charge in [0.2, 0.25) is 0 Å². The highest BCUT2D eigenvalue weighted by Crippen LogP contribution is 2.40. The SMILES string of the molecule is CC1(C)Cc2cc(Cl)cc(/C=C/CN)c2O1. The first kappa shape index (κ1) is 11.5. The highest BCUT2D eigenvalue weighted by molar-refractivity contribution is 6.30. The van der Waals surface area contributed by atoms with Gasteiger partial charge in [-0.15, -0.1) is 0 Å². The van der Waals surface area contributed by atoms with Gasteiger partial charge in [0, 0.05) is 29.1 Å². The molecule has 86 valence electrons. The van der Waals surface area contributed by atoms with E-state index < -0.39 is 0 Å². The number of fused-ring (bicyclic) bond motifs is 1. The molecule has 0 saturated carbocycles. The van der Waals surface area contributed by atoms with Crippen molar-refractivity contribution in [1.29, 1.82) is 0 Å². The summed E-state index contributed by atoms with van der Waals surface area (Å²) in [7, 11) is 0. The molecule has 2 rings (SSSR count). The summed E-state index contributed by atoms with van der Waals surface area (Å²) in [5.41, 5.74) is 7.50. The second-order valence-corrected chi connectivity index (χ2v) is 5.10. The van der Waals surface area contributed by atoms with Crippen molar-refractivity contribution >= 4 is 17.7 Å². The van der Waals surface area contributed by atoms with Crippen LogP contribution in [0.4, 0.5) is 0 Å². The molecule has 16 heavy (non-hydrogen) atoms. The van der Waals surface area contributed by atoms with E-state index in [4.69, 9.17) is 22.1 Å². The number of hydrogen-bond donors (Lipinski definition) is 1. The first-order chi connectivity index (χ1) is 7.52. The molecule has 0 atom stereocenters. The summed E-state index contributed by atoms with van der Waals surface area (Å²) in [6.07, 6.45) is 4.76. The number of rotatable bonds is 2. The van der Waals surface area contributed by atoms with E-state index in [9.17, 15) is 0 Å². The number of benzene rings is 1. The molecule has 0 aliphatic carbocycles. The van der Waals surface area contributed by atoms with E-state index in [0.29, 0.717) is 6.54 Å². The molecule has 1 aromatic rings. The number of ether oxygens (including phenoxy) is 1. The van der Waals surface area contributed by atoms with Crippen molar-refractivity contribution in [2.45, 2.75) is 25.9 Å². The molecule has 1 heterocycles. The van der Waals surface area contributed by atoms with E-state index in [1.165, 1.54) is 5.56 Å². The summed E-state index contributed by atoms with van der Waals surface area (Å²) >= 11 is 6.08. The normalized spacial score (nSPS) is 17.5. The highest BCUT2D eigenvalue weighted by Gasteiger charge is 2.31. The van der Waals surface area contributed by atoms with Crippen molar-refractivity contribution < 1.29 is 4.74 Å². The van der Waals surface area contributed by atoms with Crippen LogP contribution in [0.1, 0.15) is 25.0 Å². The Labute approximate surface area is 101 Å². The van der Waals surface area contributed by atoms with Crippen LogP contribution in [-0.2, 0) is 6.42 Å². The topological polar surface area (TPSA) is 35.2 Å². The Morgan fingerprint density at radius 2 is 2.25 bits per heavy atom. The molecule has 0 bridgehead atoms. The fraction of sp³-hybridized carbons (Fsp3) is 0.385. The minimum absolute atomic E-state index is 0.141. The average Bonchev–Trinajstić information content (AvgIpc) is 2.48. The van der Waals surface area contributed by atoms with Crippen LogP contribution in [-0.4, -0.2) is 12.1 Å². The van der Waals surface area contributed by atoms with Crippen LogP contribution in [0.5, 0.6) is 5.75 Å². The second-order valence-electron chi connectivity index (χ2n) is 4.66. The highest BCUT2D eigenvalue weighted by atomic mass is 35.5. The van der Waals surface area contributed by atoms with E-state index in [2.05, 4.69) is 13.8 Å². The maximum atomic E-state index is 6.08. The summed E-state index contributed by atoms with van der Waals surface area (Å²) in [5.74, 6) is 0.944. The maximum Gasteiger partial charge on any atom is 0.130 e. The van der Waals surface area contributed by atoms with E-state index in [1.807, 2.05) is 24.3 Å². The molecule has 0 unspecified atom stereocenters. The van der Waals surface area contributed by atoms with Crippen molar-refractivity contribution in [2.75, 3.05) is 6.54 Å². The van der Waals surface area contributed by atoms with E-state index >= 15 is 0 Å². The van der Waals surface area contributed by atoms with Gasteiger partial charge >= 0.3 is 0 Å². The quantitative estimate of drug-likeness (QED) is 0.858. The fourth-order valence-corrected chi connectivity index (χ4v) is 2.27. The van der Waals surface area contributed by atoms with Crippen molar-refractivity contribution in [3.63, 3.8) is 0 Å². The van der Waals surface area contributed by atoms with Gasteiger partial charge < -0.3 is 10.5 Å². The first-order valence-corrected chi connectivity index (χ1v) is 5.78. The summed E-state index contributed by atoms with van der Waals surface area (Å²) in [4.78, 5) is 0. The van der Waals surface area contributed by atoms with Crippen LogP contribution in [0, 0.1) is 0 Å². The summed E-state index contributed by atoms with van der Waals surface area (Å²) in [6, 6.07) is 3.89. The van der Waals surface area contributed by atoms with E-state index in [0.717, 1.165) is 22.8 Å². The smallest absolute Gasteiger partial charge is 0.130 e. The van der Waals surface area contributed by atoms with Crippen LogP contribution < -0.4 is 10.5 Å². The zero-order chi connectivity index (χ0) is 11.8. The van der Waals surface area contributed by atoms with Crippen molar-refractivity contribution in [1.82, 2.24) is 0 Å². The molecule has 0 spiro atoms. The average molecular weight is 238 g/mol. The zero-order valence-corrected chi connectivity index (χ0v) is 10.3. The van der Waals surface area contributed by atoms with Crippen molar-refractivity contribution in [3.05, 3.63) is 34.4 Å². The van der Waals surface area contributed by atoms with E-state index in [-0.39, 0.29) is 5.60 Å². The van der Waals surface area contributed by atoms with Gasteiger partial charge in [0.05, 0.1) is 0 Å². The molecular formula is C13H16ClNO. The Morgan fingerprint density at radius 1 is 1.50 bits per heavy atom. The van der Waals surface area contributed by atoms with Gasteiger partial charge in [-0.2, -0.15) is 0 Å². The molecule has 0 fully saturated rings. The lowest BCUT2D eigenvalue weighted by atomic mass is 10.0. The van der Waals surface area contributed by atoms with Gasteiger partial charge in [-0.3, -0.25) is 0 Å². The Kier molecular flexibility index (Phi) is 2.96. The molecule has 2 nitrogen and oxygen atoms in total. The van der Waals surface area contributed by atoms with Crippen molar-refractivity contribution in [3.8, 4) is 5.75 Å². The molecule has 1 aliphatic rings. The van der Waals surface area contributed by atoms with Gasteiger partial charge in [-0.25, -0.2) is 0 Å². The van der Waals surface area contributed by atoms with Crippen LogP contribution in [0.2, 0.25) is 5.02 Å². The lowest BCUT2D eigenvalue weighted by molar-refractivity contribution is 0.138. The van der Waals surface area contributed by atoms with Crippen LogP contribution >= 0.6 is 11.6 Å². The third-order valence-electron chi connectivity index (χ3n) is 2.59. The Hall–Kier alpha value is -0.990. The number of nitrogens with two attached hydrogens (primary N) is 1. The van der Waals surface area contributed by atoms with Crippen LogP contribution in [0.3, 0.4) is 0 Å². The van der Waals surface area contributed by atoms with Gasteiger partial charge in [0.15, 0.2) is 0 Å². The molecule has 0 aromatic heterocycles. The molecular weight excluding hydrogens is 222 g/mol. The van der Waals surface area contributed by atoms with Gasteiger partial charge in [-0.05, 0) is 26.0 Å². The number of hydrogen-bond acceptors (Lipinski definition) is 2. The maximum absolute atomic E-state index is 6.08. The molecule has 3 heteroatoms. The molecule has 1 aliphatic heterocycles. The predicted molar refractivity (Wildman–Crippen MR) is 68.0 cm³/mol. The molecule has 0 radical (unpaired) electrons. The number of halogens is 1. The Bertz CT molecular complexity index is 438. The minimum Gasteiger partial charge on any atom is -0.487 e. The third-order valence-corrected chi connectivity index (χ3v) is 2.81. The van der Waals surface area contributed by atoms with Gasteiger partial charge in [0.25, 0.3) is 0 Å². The fourth-order valence-electron chi connectivity index (χ4n) is 2.02. The monoisotopic (exact) mass is 237 g/mol. The Balaban J connectivity index is 2.45. The molecule has 0 saturated heterocycles. The third kappa shape index (κ3) is 2.23. The van der Waals surface area contributed by atoms with E-state index in [1.54, 1.807) is 0 Å². The molecule has 1 aromatic carbocycles. The lowest BCUT2D eigenvalue weighted by Gasteiger charge is -2.17.